The molecule has 0 aliphatic carbocycles. The minimum absolute atomic E-state index is 0.0245. The smallest absolute Gasteiger partial charge is 0.192 e. The van der Waals surface area contributed by atoms with Gasteiger partial charge in [-0.3, -0.25) is 0 Å². The van der Waals surface area contributed by atoms with E-state index in [1.165, 1.54) is 5.56 Å². The normalized spacial score (nSPS) is 39.4. The van der Waals surface area contributed by atoms with Gasteiger partial charge in [0.25, 0.3) is 0 Å². The molecular formula is C16H22O3. The van der Waals surface area contributed by atoms with Gasteiger partial charge in [0.1, 0.15) is 6.10 Å². The van der Waals surface area contributed by atoms with Crippen LogP contribution in [0.1, 0.15) is 38.2 Å². The zero-order valence-corrected chi connectivity index (χ0v) is 11.7. The summed E-state index contributed by atoms with van der Waals surface area (Å²) < 4.78 is 17.7. The molecule has 0 radical (unpaired) electrons. The van der Waals surface area contributed by atoms with Crippen LogP contribution < -0.4 is 0 Å². The summed E-state index contributed by atoms with van der Waals surface area (Å²) in [5.41, 5.74) is 1.39. The molecule has 0 aromatic heterocycles. The number of hydrogen-bond acceptors (Lipinski definition) is 3. The summed E-state index contributed by atoms with van der Waals surface area (Å²) in [7, 11) is 0. The third kappa shape index (κ3) is 2.69. The Kier molecular flexibility index (Phi) is 3.61. The maximum atomic E-state index is 5.93. The molecule has 0 spiro atoms. The lowest BCUT2D eigenvalue weighted by Gasteiger charge is -2.38. The Balaban J connectivity index is 1.72. The largest absolute Gasteiger partial charge is 0.373 e. The van der Waals surface area contributed by atoms with Gasteiger partial charge in [-0.2, -0.15) is 0 Å². The van der Waals surface area contributed by atoms with Crippen molar-refractivity contribution in [3.63, 3.8) is 0 Å². The zero-order valence-electron chi connectivity index (χ0n) is 11.7. The van der Waals surface area contributed by atoms with Gasteiger partial charge in [0.2, 0.25) is 0 Å². The minimum atomic E-state index is -0.577. The van der Waals surface area contributed by atoms with E-state index in [9.17, 15) is 0 Å². The molecule has 3 heteroatoms. The summed E-state index contributed by atoms with van der Waals surface area (Å²) in [5, 5.41) is 0. The van der Waals surface area contributed by atoms with Crippen molar-refractivity contribution in [3.05, 3.63) is 35.9 Å². The SMILES string of the molecule is CC1COC(C)(C2CC(c3ccccc3)CCO2)O1. The van der Waals surface area contributed by atoms with Gasteiger partial charge in [-0.1, -0.05) is 30.3 Å². The molecule has 3 rings (SSSR count). The van der Waals surface area contributed by atoms with Gasteiger partial charge in [0, 0.05) is 6.61 Å². The molecule has 4 unspecified atom stereocenters. The highest BCUT2D eigenvalue weighted by atomic mass is 16.8. The molecule has 0 bridgehead atoms. The second-order valence-electron chi connectivity index (χ2n) is 5.75. The molecule has 0 N–H and O–H groups in total. The van der Waals surface area contributed by atoms with E-state index < -0.39 is 5.79 Å². The molecule has 1 aromatic carbocycles. The highest BCUT2D eigenvalue weighted by molar-refractivity contribution is 5.20. The molecule has 0 saturated carbocycles. The fourth-order valence-electron chi connectivity index (χ4n) is 3.11. The molecule has 19 heavy (non-hydrogen) atoms. The zero-order chi connectivity index (χ0) is 13.3. The van der Waals surface area contributed by atoms with Crippen molar-refractivity contribution in [2.24, 2.45) is 0 Å². The van der Waals surface area contributed by atoms with E-state index in [2.05, 4.69) is 30.3 Å². The summed E-state index contributed by atoms with van der Waals surface area (Å²) in [6.45, 7) is 5.49. The fraction of sp³-hybridized carbons (Fsp3) is 0.625. The molecule has 3 nitrogen and oxygen atoms in total. The summed E-state index contributed by atoms with van der Waals surface area (Å²) in [5.74, 6) is -0.0350. The van der Waals surface area contributed by atoms with Crippen LogP contribution in [-0.2, 0) is 14.2 Å². The van der Waals surface area contributed by atoms with Crippen LogP contribution in [0.3, 0.4) is 0 Å². The van der Waals surface area contributed by atoms with E-state index in [-0.39, 0.29) is 12.2 Å². The molecular weight excluding hydrogens is 240 g/mol. The first-order chi connectivity index (χ1) is 9.17. The molecule has 4 atom stereocenters. The van der Waals surface area contributed by atoms with Crippen LogP contribution in [0.5, 0.6) is 0 Å². The van der Waals surface area contributed by atoms with E-state index in [1.807, 2.05) is 13.8 Å². The van der Waals surface area contributed by atoms with E-state index in [0.29, 0.717) is 12.5 Å². The Morgan fingerprint density at radius 3 is 2.68 bits per heavy atom. The summed E-state index contributed by atoms with van der Waals surface area (Å²) in [4.78, 5) is 0. The number of hydrogen-bond donors (Lipinski definition) is 0. The van der Waals surface area contributed by atoms with Crippen LogP contribution >= 0.6 is 0 Å². The average Bonchev–Trinajstić information content (AvgIpc) is 2.81. The molecule has 104 valence electrons. The molecule has 2 saturated heterocycles. The van der Waals surface area contributed by atoms with Gasteiger partial charge >= 0.3 is 0 Å². The molecule has 2 heterocycles. The summed E-state index contributed by atoms with van der Waals surface area (Å²) in [6.07, 6.45) is 2.22. The fourth-order valence-corrected chi connectivity index (χ4v) is 3.11. The van der Waals surface area contributed by atoms with Crippen molar-refractivity contribution in [2.45, 2.75) is 50.6 Å². The second kappa shape index (κ2) is 5.23. The van der Waals surface area contributed by atoms with Crippen LogP contribution in [0.2, 0.25) is 0 Å². The van der Waals surface area contributed by atoms with Crippen molar-refractivity contribution < 1.29 is 14.2 Å². The van der Waals surface area contributed by atoms with Crippen LogP contribution in [0.4, 0.5) is 0 Å². The predicted molar refractivity (Wildman–Crippen MR) is 73.1 cm³/mol. The molecule has 2 aliphatic heterocycles. The highest BCUT2D eigenvalue weighted by Gasteiger charge is 2.45. The topological polar surface area (TPSA) is 27.7 Å². The van der Waals surface area contributed by atoms with Gasteiger partial charge < -0.3 is 14.2 Å². The molecule has 2 fully saturated rings. The lowest BCUT2D eigenvalue weighted by molar-refractivity contribution is -0.238. The van der Waals surface area contributed by atoms with Gasteiger partial charge in [-0.05, 0) is 38.2 Å². The van der Waals surface area contributed by atoms with Crippen molar-refractivity contribution in [1.29, 1.82) is 0 Å². The first kappa shape index (κ1) is 13.1. The average molecular weight is 262 g/mol. The Hall–Kier alpha value is -0.900. The van der Waals surface area contributed by atoms with Crippen LogP contribution in [0, 0.1) is 0 Å². The van der Waals surface area contributed by atoms with Crippen molar-refractivity contribution in [1.82, 2.24) is 0 Å². The van der Waals surface area contributed by atoms with E-state index in [4.69, 9.17) is 14.2 Å². The molecule has 1 aromatic rings. The van der Waals surface area contributed by atoms with Crippen molar-refractivity contribution >= 4 is 0 Å². The Bertz CT molecular complexity index is 419. The van der Waals surface area contributed by atoms with Gasteiger partial charge in [-0.15, -0.1) is 0 Å². The summed E-state index contributed by atoms with van der Waals surface area (Å²) in [6, 6.07) is 10.7. The van der Waals surface area contributed by atoms with Gasteiger partial charge in [0.05, 0.1) is 12.7 Å². The Morgan fingerprint density at radius 1 is 1.21 bits per heavy atom. The van der Waals surface area contributed by atoms with Gasteiger partial charge in [-0.25, -0.2) is 0 Å². The van der Waals surface area contributed by atoms with Crippen LogP contribution in [-0.4, -0.2) is 31.2 Å². The second-order valence-corrected chi connectivity index (χ2v) is 5.75. The van der Waals surface area contributed by atoms with Crippen molar-refractivity contribution in [2.75, 3.05) is 13.2 Å². The number of benzene rings is 1. The van der Waals surface area contributed by atoms with E-state index >= 15 is 0 Å². The third-order valence-corrected chi connectivity index (χ3v) is 4.18. The molecule has 2 aliphatic rings. The standard InChI is InChI=1S/C16H22O3/c1-12-11-18-16(2,19-12)15-10-14(8-9-17-15)13-6-4-3-5-7-13/h3-7,12,14-15H,8-11H2,1-2H3. The van der Waals surface area contributed by atoms with Crippen molar-refractivity contribution in [3.8, 4) is 0 Å². The summed E-state index contributed by atoms with van der Waals surface area (Å²) >= 11 is 0. The minimum Gasteiger partial charge on any atom is -0.373 e. The van der Waals surface area contributed by atoms with Crippen LogP contribution in [0.25, 0.3) is 0 Å². The van der Waals surface area contributed by atoms with E-state index in [0.717, 1.165) is 19.4 Å². The quantitative estimate of drug-likeness (QED) is 0.819. The maximum absolute atomic E-state index is 5.93. The predicted octanol–water partition coefficient (Wildman–Crippen LogP) is 3.10. The number of ether oxygens (including phenoxy) is 3. The van der Waals surface area contributed by atoms with Crippen LogP contribution in [0.15, 0.2) is 30.3 Å². The first-order valence-corrected chi connectivity index (χ1v) is 7.16. The lowest BCUT2D eigenvalue weighted by Crippen LogP contribution is -2.45. The maximum Gasteiger partial charge on any atom is 0.192 e. The Morgan fingerprint density at radius 2 is 2.00 bits per heavy atom. The Labute approximate surface area is 114 Å². The lowest BCUT2D eigenvalue weighted by atomic mass is 9.86. The monoisotopic (exact) mass is 262 g/mol. The molecule has 0 amide bonds. The highest BCUT2D eigenvalue weighted by Crippen LogP contribution is 2.38. The van der Waals surface area contributed by atoms with E-state index in [1.54, 1.807) is 0 Å². The number of rotatable bonds is 2. The first-order valence-electron chi connectivity index (χ1n) is 7.16. The van der Waals surface area contributed by atoms with Gasteiger partial charge in [0.15, 0.2) is 5.79 Å². The third-order valence-electron chi connectivity index (χ3n) is 4.18.